The Balaban J connectivity index is 1.73. The molecule has 0 spiro atoms. The second kappa shape index (κ2) is 6.63. The Morgan fingerprint density at radius 3 is 3.00 bits per heavy atom. The molecule has 1 aromatic carbocycles. The molecule has 1 aromatic heterocycles. The monoisotopic (exact) mass is 304 g/mol. The molecule has 1 saturated heterocycles. The summed E-state index contributed by atoms with van der Waals surface area (Å²) in [5.74, 6) is 1.12. The predicted molar refractivity (Wildman–Crippen MR) is 87.1 cm³/mol. The minimum absolute atomic E-state index is 0.409. The van der Waals surface area contributed by atoms with E-state index in [0.29, 0.717) is 24.4 Å². The van der Waals surface area contributed by atoms with Gasteiger partial charge in [-0.15, -0.1) is 11.6 Å². The number of rotatable bonds is 5. The lowest BCUT2D eigenvalue weighted by atomic mass is 10.1. The van der Waals surface area contributed by atoms with Crippen LogP contribution < -0.4 is 4.74 Å². The number of halogens is 1. The van der Waals surface area contributed by atoms with Gasteiger partial charge in [0.15, 0.2) is 0 Å². The van der Waals surface area contributed by atoms with Crippen LogP contribution in [0.5, 0.6) is 5.88 Å². The van der Waals surface area contributed by atoms with E-state index in [4.69, 9.17) is 16.3 Å². The molecule has 2 heterocycles. The number of alkyl halides is 1. The van der Waals surface area contributed by atoms with E-state index < -0.39 is 0 Å². The molecule has 21 heavy (non-hydrogen) atoms. The second-order valence-corrected chi connectivity index (χ2v) is 5.95. The average Bonchev–Trinajstić information content (AvgIpc) is 2.92. The molecule has 3 nitrogen and oxygen atoms in total. The van der Waals surface area contributed by atoms with E-state index in [0.717, 1.165) is 22.9 Å². The number of pyridine rings is 1. The summed E-state index contributed by atoms with van der Waals surface area (Å²) in [6.45, 7) is 1.91. The second-order valence-electron chi connectivity index (χ2n) is 5.69. The van der Waals surface area contributed by atoms with Crippen LogP contribution in [0.4, 0.5) is 0 Å². The van der Waals surface area contributed by atoms with Crippen LogP contribution in [0.2, 0.25) is 0 Å². The first kappa shape index (κ1) is 14.6. The molecule has 2 aromatic rings. The summed E-state index contributed by atoms with van der Waals surface area (Å²) in [5.41, 5.74) is 0.864. The first-order chi connectivity index (χ1) is 10.3. The largest absolute Gasteiger partial charge is 0.477 e. The lowest BCUT2D eigenvalue weighted by molar-refractivity contribution is 0.230. The molecule has 1 unspecified atom stereocenters. The van der Waals surface area contributed by atoms with Crippen molar-refractivity contribution >= 4 is 22.4 Å². The molecule has 1 fully saturated rings. The molecular formula is C17H21ClN2O. The molecule has 0 saturated carbocycles. The maximum atomic E-state index is 5.98. The van der Waals surface area contributed by atoms with Crippen molar-refractivity contribution < 1.29 is 4.74 Å². The quantitative estimate of drug-likeness (QED) is 0.785. The fraction of sp³-hybridized carbons (Fsp3) is 0.471. The Hall–Kier alpha value is -1.32. The minimum Gasteiger partial charge on any atom is -0.477 e. The van der Waals surface area contributed by atoms with Gasteiger partial charge in [-0.05, 0) is 50.4 Å². The molecule has 0 bridgehead atoms. The molecular weight excluding hydrogens is 284 g/mol. The zero-order valence-corrected chi connectivity index (χ0v) is 13.1. The van der Waals surface area contributed by atoms with Crippen molar-refractivity contribution in [2.24, 2.45) is 0 Å². The minimum atomic E-state index is 0.409. The highest BCUT2D eigenvalue weighted by molar-refractivity contribution is 6.17. The number of nitrogens with zero attached hydrogens (tertiary/aromatic N) is 2. The maximum Gasteiger partial charge on any atom is 0.221 e. The fourth-order valence-corrected chi connectivity index (χ4v) is 3.17. The number of fused-ring (bicyclic) bond motifs is 1. The third kappa shape index (κ3) is 3.30. The summed E-state index contributed by atoms with van der Waals surface area (Å²) in [5, 5.41) is 2.20. The predicted octanol–water partition coefficient (Wildman–Crippen LogP) is 3.84. The molecule has 3 rings (SSSR count). The van der Waals surface area contributed by atoms with Crippen LogP contribution in [0.3, 0.4) is 0 Å². The van der Waals surface area contributed by atoms with Gasteiger partial charge in [0.25, 0.3) is 0 Å². The van der Waals surface area contributed by atoms with Gasteiger partial charge in [0.2, 0.25) is 5.88 Å². The van der Waals surface area contributed by atoms with Crippen LogP contribution in [-0.2, 0) is 5.88 Å². The first-order valence-corrected chi connectivity index (χ1v) is 8.09. The van der Waals surface area contributed by atoms with Gasteiger partial charge in [0, 0.05) is 11.4 Å². The third-order valence-corrected chi connectivity index (χ3v) is 4.53. The summed E-state index contributed by atoms with van der Waals surface area (Å²) in [6.07, 6.45) is 3.62. The summed E-state index contributed by atoms with van der Waals surface area (Å²) < 4.78 is 5.98. The van der Waals surface area contributed by atoms with Gasteiger partial charge >= 0.3 is 0 Å². The highest BCUT2D eigenvalue weighted by atomic mass is 35.5. The summed E-state index contributed by atoms with van der Waals surface area (Å²) in [4.78, 5) is 6.96. The molecule has 1 atom stereocenters. The Bertz CT molecular complexity index is 617. The van der Waals surface area contributed by atoms with Crippen LogP contribution in [0.25, 0.3) is 10.8 Å². The number of hydrogen-bond donors (Lipinski definition) is 0. The van der Waals surface area contributed by atoms with E-state index in [1.807, 2.05) is 18.2 Å². The zero-order valence-electron chi connectivity index (χ0n) is 12.4. The standard InChI is InChI=1S/C17H21ClN2O/c1-20-9-4-6-15(20)8-10-21-17-16-7-3-2-5-13(16)11-14(12-18)19-17/h2-3,5,7,11,15H,4,6,8-10,12H2,1H3. The van der Waals surface area contributed by atoms with Crippen molar-refractivity contribution in [3.63, 3.8) is 0 Å². The number of likely N-dealkylation sites (tertiary alicyclic amines) is 1. The smallest absolute Gasteiger partial charge is 0.221 e. The maximum absolute atomic E-state index is 5.98. The third-order valence-electron chi connectivity index (χ3n) is 4.26. The van der Waals surface area contributed by atoms with E-state index in [-0.39, 0.29) is 0 Å². The van der Waals surface area contributed by atoms with E-state index in [1.165, 1.54) is 19.4 Å². The van der Waals surface area contributed by atoms with Crippen molar-refractivity contribution in [1.82, 2.24) is 9.88 Å². The normalized spacial score (nSPS) is 19.2. The van der Waals surface area contributed by atoms with Gasteiger partial charge in [-0.3, -0.25) is 0 Å². The van der Waals surface area contributed by atoms with Gasteiger partial charge in [-0.2, -0.15) is 0 Å². The highest BCUT2D eigenvalue weighted by Gasteiger charge is 2.20. The van der Waals surface area contributed by atoms with Crippen molar-refractivity contribution in [2.75, 3.05) is 20.2 Å². The summed E-state index contributed by atoms with van der Waals surface area (Å²) in [6, 6.07) is 10.8. The summed E-state index contributed by atoms with van der Waals surface area (Å²) >= 11 is 5.93. The summed E-state index contributed by atoms with van der Waals surface area (Å²) in [7, 11) is 2.19. The van der Waals surface area contributed by atoms with E-state index in [9.17, 15) is 0 Å². The van der Waals surface area contributed by atoms with E-state index >= 15 is 0 Å². The zero-order chi connectivity index (χ0) is 14.7. The van der Waals surface area contributed by atoms with Crippen molar-refractivity contribution in [3.05, 3.63) is 36.0 Å². The number of benzene rings is 1. The van der Waals surface area contributed by atoms with Gasteiger partial charge in [-0.1, -0.05) is 18.2 Å². The van der Waals surface area contributed by atoms with Crippen LogP contribution in [0.1, 0.15) is 25.0 Å². The lowest BCUT2D eigenvalue weighted by Gasteiger charge is -2.19. The SMILES string of the molecule is CN1CCCC1CCOc1nc(CCl)cc2ccccc12. The van der Waals surface area contributed by atoms with Crippen LogP contribution in [0, 0.1) is 0 Å². The van der Waals surface area contributed by atoms with Gasteiger partial charge in [0.05, 0.1) is 18.2 Å². The highest BCUT2D eigenvalue weighted by Crippen LogP contribution is 2.26. The van der Waals surface area contributed by atoms with Crippen LogP contribution >= 0.6 is 11.6 Å². The lowest BCUT2D eigenvalue weighted by Crippen LogP contribution is -2.26. The van der Waals surface area contributed by atoms with E-state index in [1.54, 1.807) is 0 Å². The number of hydrogen-bond acceptors (Lipinski definition) is 3. The number of aromatic nitrogens is 1. The molecule has 112 valence electrons. The van der Waals surface area contributed by atoms with Gasteiger partial charge in [0.1, 0.15) is 0 Å². The molecule has 0 amide bonds. The van der Waals surface area contributed by atoms with Crippen molar-refractivity contribution in [3.8, 4) is 5.88 Å². The topological polar surface area (TPSA) is 25.4 Å². The van der Waals surface area contributed by atoms with Gasteiger partial charge in [-0.25, -0.2) is 4.98 Å². The molecule has 0 aliphatic carbocycles. The van der Waals surface area contributed by atoms with Crippen LogP contribution in [0.15, 0.2) is 30.3 Å². The molecule has 1 aliphatic rings. The number of ether oxygens (including phenoxy) is 1. The Morgan fingerprint density at radius 1 is 1.38 bits per heavy atom. The molecule has 0 radical (unpaired) electrons. The molecule has 1 aliphatic heterocycles. The molecule has 0 N–H and O–H groups in total. The van der Waals surface area contributed by atoms with Crippen molar-refractivity contribution in [2.45, 2.75) is 31.2 Å². The fourth-order valence-electron chi connectivity index (χ4n) is 3.03. The van der Waals surface area contributed by atoms with Gasteiger partial charge < -0.3 is 9.64 Å². The van der Waals surface area contributed by atoms with Crippen LogP contribution in [-0.4, -0.2) is 36.1 Å². The first-order valence-electron chi connectivity index (χ1n) is 7.55. The Kier molecular flexibility index (Phi) is 4.61. The average molecular weight is 305 g/mol. The van der Waals surface area contributed by atoms with E-state index in [2.05, 4.69) is 29.1 Å². The van der Waals surface area contributed by atoms with Crippen molar-refractivity contribution in [1.29, 1.82) is 0 Å². The Labute approximate surface area is 130 Å². The Morgan fingerprint density at radius 2 is 2.24 bits per heavy atom. The molecule has 4 heteroatoms.